The maximum atomic E-state index is 11.3. The van der Waals surface area contributed by atoms with Gasteiger partial charge in [-0.2, -0.15) is 0 Å². The number of amides is 2. The zero-order valence-corrected chi connectivity index (χ0v) is 13.3. The number of carbonyl (C=O) groups is 2. The Morgan fingerprint density at radius 3 is 1.56 bits per heavy atom. The molecule has 1 aliphatic rings. The van der Waals surface area contributed by atoms with Crippen molar-refractivity contribution < 1.29 is 19.1 Å². The van der Waals surface area contributed by atoms with Gasteiger partial charge in [-0.1, -0.05) is 31.9 Å². The molecule has 0 aromatic heterocycles. The van der Waals surface area contributed by atoms with E-state index in [-0.39, 0.29) is 21.7 Å². The topological polar surface area (TPSA) is 76.7 Å². The van der Waals surface area contributed by atoms with Crippen LogP contribution in [0.3, 0.4) is 0 Å². The molecule has 0 saturated heterocycles. The minimum atomic E-state index is -0.510. The Hall–Kier alpha value is -0.500. The molecule has 1 fully saturated rings. The number of rotatable bonds is 2. The van der Waals surface area contributed by atoms with Crippen LogP contribution < -0.4 is 10.6 Å². The van der Waals surface area contributed by atoms with Crippen LogP contribution in [0.15, 0.2) is 0 Å². The lowest BCUT2D eigenvalue weighted by Gasteiger charge is -2.37. The van der Waals surface area contributed by atoms with Gasteiger partial charge in [0.25, 0.3) is 0 Å². The van der Waals surface area contributed by atoms with Crippen LogP contribution in [0.25, 0.3) is 0 Å². The van der Waals surface area contributed by atoms with E-state index in [1.807, 2.05) is 0 Å². The first-order chi connectivity index (χ1) is 8.47. The summed E-state index contributed by atoms with van der Waals surface area (Å²) in [5.74, 6) is 0. The first-order valence-electron chi connectivity index (χ1n) is 5.45. The second-order valence-electron chi connectivity index (χ2n) is 3.99. The highest BCUT2D eigenvalue weighted by atomic mass is 79.9. The zero-order valence-electron chi connectivity index (χ0n) is 10.1. The highest BCUT2D eigenvalue weighted by Crippen LogP contribution is 2.30. The van der Waals surface area contributed by atoms with E-state index in [0.29, 0.717) is 12.8 Å². The maximum Gasteiger partial charge on any atom is 0.407 e. The summed E-state index contributed by atoms with van der Waals surface area (Å²) in [4.78, 5) is 23.0. The molecule has 0 aromatic rings. The highest BCUT2D eigenvalue weighted by Gasteiger charge is 2.36. The van der Waals surface area contributed by atoms with Crippen molar-refractivity contribution in [1.29, 1.82) is 0 Å². The molecule has 2 amide bonds. The van der Waals surface area contributed by atoms with Crippen LogP contribution in [-0.2, 0) is 9.47 Å². The van der Waals surface area contributed by atoms with Crippen LogP contribution in [0.4, 0.5) is 9.59 Å². The zero-order chi connectivity index (χ0) is 13.7. The molecule has 0 heterocycles. The molecular formula is C10H16Br2N2O4. The van der Waals surface area contributed by atoms with Gasteiger partial charge in [-0.25, -0.2) is 9.59 Å². The molecule has 104 valence electrons. The molecule has 8 heteroatoms. The minimum Gasteiger partial charge on any atom is -0.453 e. The minimum absolute atomic E-state index is 0.199. The molecule has 6 nitrogen and oxygen atoms in total. The van der Waals surface area contributed by atoms with Crippen LogP contribution in [0, 0.1) is 0 Å². The van der Waals surface area contributed by atoms with Gasteiger partial charge in [0.05, 0.1) is 26.3 Å². The van der Waals surface area contributed by atoms with Crippen molar-refractivity contribution in [2.45, 2.75) is 34.6 Å². The number of carbonyl (C=O) groups excluding carboxylic acids is 2. The first kappa shape index (κ1) is 15.6. The third kappa shape index (κ3) is 4.31. The Balaban J connectivity index is 2.67. The number of alkyl carbamates (subject to hydrolysis) is 2. The molecule has 0 radical (unpaired) electrons. The second-order valence-corrected chi connectivity index (χ2v) is 6.34. The Morgan fingerprint density at radius 1 is 0.944 bits per heavy atom. The Labute approximate surface area is 122 Å². The van der Waals surface area contributed by atoms with Gasteiger partial charge in [-0.3, -0.25) is 0 Å². The summed E-state index contributed by atoms with van der Waals surface area (Å²) in [5, 5.41) is 5.43. The number of alkyl halides is 2. The third-order valence-electron chi connectivity index (χ3n) is 2.81. The lowest BCUT2D eigenvalue weighted by Crippen LogP contribution is -2.57. The summed E-state index contributed by atoms with van der Waals surface area (Å²) < 4.78 is 9.15. The number of nitrogens with one attached hydrogen (secondary N) is 2. The van der Waals surface area contributed by atoms with Gasteiger partial charge in [-0.05, 0) is 12.8 Å². The summed E-state index contributed by atoms with van der Waals surface area (Å²) in [7, 11) is 2.61. The Bertz CT molecular complexity index is 286. The number of methoxy groups -OCH3 is 2. The fourth-order valence-electron chi connectivity index (χ4n) is 1.85. The van der Waals surface area contributed by atoms with E-state index >= 15 is 0 Å². The monoisotopic (exact) mass is 386 g/mol. The summed E-state index contributed by atoms with van der Waals surface area (Å²) in [6.45, 7) is 0. The predicted octanol–water partition coefficient (Wildman–Crippen LogP) is 1.76. The number of hydrogen-bond acceptors (Lipinski definition) is 4. The molecule has 0 aromatic carbocycles. The van der Waals surface area contributed by atoms with Crippen molar-refractivity contribution in [2.75, 3.05) is 14.2 Å². The summed E-state index contributed by atoms with van der Waals surface area (Å²) >= 11 is 7.07. The fraction of sp³-hybridized carbons (Fsp3) is 0.800. The lowest BCUT2D eigenvalue weighted by molar-refractivity contribution is 0.147. The standard InChI is InChI=1S/C10H16Br2N2O4/c1-17-9(15)13-7-3-5(11)6(12)4-8(7)14-10(16)18-2/h5-8H,3-4H2,1-2H3,(H,13,15)(H,14,16)/t5-,6-,7-,8-/m1/s1. The molecular weight excluding hydrogens is 372 g/mol. The van der Waals surface area contributed by atoms with Crippen molar-refractivity contribution in [1.82, 2.24) is 10.6 Å². The molecule has 1 rings (SSSR count). The maximum absolute atomic E-state index is 11.3. The highest BCUT2D eigenvalue weighted by molar-refractivity contribution is 9.12. The quantitative estimate of drug-likeness (QED) is 0.707. The van der Waals surface area contributed by atoms with E-state index in [1.165, 1.54) is 14.2 Å². The molecule has 1 aliphatic carbocycles. The third-order valence-corrected chi connectivity index (χ3v) is 5.55. The average molecular weight is 388 g/mol. The van der Waals surface area contributed by atoms with Crippen LogP contribution in [0.5, 0.6) is 0 Å². The molecule has 0 spiro atoms. The summed E-state index contributed by atoms with van der Waals surface area (Å²) in [6.07, 6.45) is 0.341. The number of hydrogen-bond donors (Lipinski definition) is 2. The van der Waals surface area contributed by atoms with Crippen LogP contribution in [0.1, 0.15) is 12.8 Å². The second kappa shape index (κ2) is 7.18. The van der Waals surface area contributed by atoms with Gasteiger partial charge in [0.2, 0.25) is 0 Å². The predicted molar refractivity (Wildman–Crippen MR) is 73.3 cm³/mol. The lowest BCUT2D eigenvalue weighted by atomic mass is 9.90. The number of ether oxygens (including phenoxy) is 2. The van der Waals surface area contributed by atoms with Crippen molar-refractivity contribution >= 4 is 44.0 Å². The molecule has 18 heavy (non-hydrogen) atoms. The Morgan fingerprint density at radius 2 is 1.28 bits per heavy atom. The van der Waals surface area contributed by atoms with Gasteiger partial charge in [-0.15, -0.1) is 0 Å². The van der Waals surface area contributed by atoms with Crippen LogP contribution in [-0.4, -0.2) is 48.1 Å². The molecule has 1 saturated carbocycles. The van der Waals surface area contributed by atoms with Crippen molar-refractivity contribution in [2.24, 2.45) is 0 Å². The van der Waals surface area contributed by atoms with E-state index in [4.69, 9.17) is 0 Å². The van der Waals surface area contributed by atoms with Crippen molar-refractivity contribution in [3.05, 3.63) is 0 Å². The van der Waals surface area contributed by atoms with E-state index in [1.54, 1.807) is 0 Å². The van der Waals surface area contributed by atoms with Crippen molar-refractivity contribution in [3.63, 3.8) is 0 Å². The van der Waals surface area contributed by atoms with Gasteiger partial charge in [0, 0.05) is 9.65 Å². The van der Waals surface area contributed by atoms with E-state index < -0.39 is 12.2 Å². The van der Waals surface area contributed by atoms with Gasteiger partial charge < -0.3 is 20.1 Å². The fourth-order valence-corrected chi connectivity index (χ4v) is 3.09. The molecule has 0 aliphatic heterocycles. The van der Waals surface area contributed by atoms with Crippen LogP contribution >= 0.6 is 31.9 Å². The normalized spacial score (nSPS) is 31.3. The van der Waals surface area contributed by atoms with E-state index in [2.05, 4.69) is 52.0 Å². The van der Waals surface area contributed by atoms with Gasteiger partial charge in [0.1, 0.15) is 0 Å². The smallest absolute Gasteiger partial charge is 0.407 e. The van der Waals surface area contributed by atoms with Crippen LogP contribution in [0.2, 0.25) is 0 Å². The van der Waals surface area contributed by atoms with Gasteiger partial charge >= 0.3 is 12.2 Å². The summed E-state index contributed by atoms with van der Waals surface area (Å²) in [6, 6.07) is -0.399. The first-order valence-corrected chi connectivity index (χ1v) is 7.28. The largest absolute Gasteiger partial charge is 0.453 e. The molecule has 0 bridgehead atoms. The van der Waals surface area contributed by atoms with Crippen molar-refractivity contribution in [3.8, 4) is 0 Å². The van der Waals surface area contributed by atoms with E-state index in [0.717, 1.165) is 0 Å². The van der Waals surface area contributed by atoms with Gasteiger partial charge in [0.15, 0.2) is 0 Å². The number of halogens is 2. The Kier molecular flexibility index (Phi) is 6.20. The average Bonchev–Trinajstić information content (AvgIpc) is 2.34. The molecule has 2 N–H and O–H groups in total. The molecule has 4 atom stereocenters. The SMILES string of the molecule is COC(=O)N[C@@H]1C[C@@H](Br)[C@H](Br)C[C@H]1NC(=O)OC. The summed E-state index contributed by atoms with van der Waals surface area (Å²) in [5.41, 5.74) is 0. The molecule has 0 unspecified atom stereocenters. The van der Waals surface area contributed by atoms with E-state index in [9.17, 15) is 9.59 Å².